The van der Waals surface area contributed by atoms with E-state index in [2.05, 4.69) is 30.8 Å². The monoisotopic (exact) mass is 415 g/mol. The summed E-state index contributed by atoms with van der Waals surface area (Å²) in [6, 6.07) is 7.83. The van der Waals surface area contributed by atoms with E-state index in [1.54, 1.807) is 44.3 Å². The summed E-state index contributed by atoms with van der Waals surface area (Å²) in [5, 5.41) is 11.1. The van der Waals surface area contributed by atoms with Crippen molar-refractivity contribution < 1.29 is 13.2 Å². The molecule has 10 nitrogen and oxygen atoms in total. The summed E-state index contributed by atoms with van der Waals surface area (Å²) < 4.78 is 24.3. The molecular weight excluding hydrogens is 394 g/mol. The summed E-state index contributed by atoms with van der Waals surface area (Å²) in [6.45, 7) is 3.24. The molecule has 2 amide bonds. The normalized spacial score (nSPS) is 11.4. The van der Waals surface area contributed by atoms with Gasteiger partial charge in [0.15, 0.2) is 15.7 Å². The van der Waals surface area contributed by atoms with Crippen LogP contribution in [0.3, 0.4) is 0 Å². The van der Waals surface area contributed by atoms with Crippen LogP contribution >= 0.6 is 0 Å². The van der Waals surface area contributed by atoms with Crippen molar-refractivity contribution in [3.05, 3.63) is 48.4 Å². The third-order valence-corrected chi connectivity index (χ3v) is 6.16. The molecule has 3 rings (SSSR count). The number of hydrogen-bond donors (Lipinski definition) is 4. The van der Waals surface area contributed by atoms with E-state index < -0.39 is 21.1 Å². The van der Waals surface area contributed by atoms with Gasteiger partial charge in [0.1, 0.15) is 5.82 Å². The van der Waals surface area contributed by atoms with Crippen LogP contribution in [-0.4, -0.2) is 39.9 Å². The second kappa shape index (κ2) is 8.27. The van der Waals surface area contributed by atoms with Crippen LogP contribution in [0.1, 0.15) is 19.5 Å². The SMILES string of the molecule is CC(C)S(=O)(=O)Cc1cc(N)nc(-c2ccc(NC(=O)Nc3cn[nH]c3)cc2)n1. The van der Waals surface area contributed by atoms with E-state index >= 15 is 0 Å². The van der Waals surface area contributed by atoms with Crippen molar-refractivity contribution >= 4 is 33.1 Å². The average molecular weight is 415 g/mol. The Morgan fingerprint density at radius 2 is 1.83 bits per heavy atom. The largest absolute Gasteiger partial charge is 0.384 e. The standard InChI is InChI=1S/C18H21N7O3S/c1-11(2)29(27,28)10-14-7-16(19)25-17(22-14)12-3-5-13(6-4-12)23-18(26)24-15-8-20-21-9-15/h3-9,11H,10H2,1-2H3,(H,20,21)(H2,19,22,25)(H2,23,24,26). The quantitative estimate of drug-likeness (QED) is 0.481. The summed E-state index contributed by atoms with van der Waals surface area (Å²) >= 11 is 0. The van der Waals surface area contributed by atoms with E-state index in [-0.39, 0.29) is 11.6 Å². The number of carbonyl (C=O) groups excluding carboxylic acids is 1. The van der Waals surface area contributed by atoms with Crippen molar-refractivity contribution in [1.29, 1.82) is 0 Å². The lowest BCUT2D eigenvalue weighted by atomic mass is 10.2. The number of nitrogens with two attached hydrogens (primary N) is 1. The second-order valence-corrected chi connectivity index (χ2v) is 9.16. The van der Waals surface area contributed by atoms with Gasteiger partial charge in [0.2, 0.25) is 0 Å². The van der Waals surface area contributed by atoms with Crippen LogP contribution in [-0.2, 0) is 15.6 Å². The predicted molar refractivity (Wildman–Crippen MR) is 111 cm³/mol. The Morgan fingerprint density at radius 1 is 1.14 bits per heavy atom. The Kier molecular flexibility index (Phi) is 5.78. The van der Waals surface area contributed by atoms with Crippen molar-refractivity contribution in [1.82, 2.24) is 20.2 Å². The minimum absolute atomic E-state index is 0.186. The van der Waals surface area contributed by atoms with Gasteiger partial charge in [-0.25, -0.2) is 23.2 Å². The summed E-state index contributed by atoms with van der Waals surface area (Å²) in [7, 11) is -3.32. The highest BCUT2D eigenvalue weighted by molar-refractivity contribution is 7.91. The topological polar surface area (TPSA) is 156 Å². The number of amides is 2. The van der Waals surface area contributed by atoms with E-state index in [1.807, 2.05) is 0 Å². The zero-order valence-electron chi connectivity index (χ0n) is 15.9. The number of rotatable bonds is 6. The van der Waals surface area contributed by atoms with Gasteiger partial charge in [-0.1, -0.05) is 0 Å². The van der Waals surface area contributed by atoms with Crippen LogP contribution in [0, 0.1) is 0 Å². The number of aromatic nitrogens is 4. The Bertz CT molecular complexity index is 1090. The highest BCUT2D eigenvalue weighted by atomic mass is 32.2. The van der Waals surface area contributed by atoms with Gasteiger partial charge < -0.3 is 16.4 Å². The highest BCUT2D eigenvalue weighted by Gasteiger charge is 2.19. The predicted octanol–water partition coefficient (Wildman–Crippen LogP) is 2.42. The van der Waals surface area contributed by atoms with E-state index in [0.29, 0.717) is 28.5 Å². The molecule has 1 aromatic carbocycles. The molecule has 0 aliphatic heterocycles. The first kappa shape index (κ1) is 20.3. The average Bonchev–Trinajstić information content (AvgIpc) is 3.14. The molecule has 11 heteroatoms. The van der Waals surface area contributed by atoms with Crippen LogP contribution in [0.5, 0.6) is 0 Å². The summed E-state index contributed by atoms with van der Waals surface area (Å²) in [5.41, 5.74) is 7.90. The van der Waals surface area contributed by atoms with Crippen molar-refractivity contribution in [2.75, 3.05) is 16.4 Å². The molecule has 3 aromatic rings. The number of urea groups is 1. The number of carbonyl (C=O) groups is 1. The molecule has 0 spiro atoms. The fourth-order valence-corrected chi connectivity index (χ4v) is 3.30. The van der Waals surface area contributed by atoms with Crippen LogP contribution in [0.15, 0.2) is 42.7 Å². The van der Waals surface area contributed by atoms with Crippen LogP contribution in [0.4, 0.5) is 22.0 Å². The molecule has 0 bridgehead atoms. The molecule has 29 heavy (non-hydrogen) atoms. The summed E-state index contributed by atoms with van der Waals surface area (Å²) in [6.07, 6.45) is 3.04. The lowest BCUT2D eigenvalue weighted by Crippen LogP contribution is -2.19. The number of benzene rings is 1. The van der Waals surface area contributed by atoms with Crippen LogP contribution < -0.4 is 16.4 Å². The maximum atomic E-state index is 12.2. The third kappa shape index (κ3) is 5.29. The fourth-order valence-electron chi connectivity index (χ4n) is 2.41. The van der Waals surface area contributed by atoms with Crippen LogP contribution in [0.25, 0.3) is 11.4 Å². The maximum Gasteiger partial charge on any atom is 0.323 e. The Balaban J connectivity index is 1.74. The zero-order valence-corrected chi connectivity index (χ0v) is 16.7. The van der Waals surface area contributed by atoms with Gasteiger partial charge in [0.25, 0.3) is 0 Å². The van der Waals surface area contributed by atoms with Gasteiger partial charge in [-0.05, 0) is 38.1 Å². The molecule has 0 saturated heterocycles. The van der Waals surface area contributed by atoms with E-state index in [9.17, 15) is 13.2 Å². The first-order chi connectivity index (χ1) is 13.7. The Labute approximate surface area is 167 Å². The minimum Gasteiger partial charge on any atom is -0.384 e. The van der Waals surface area contributed by atoms with Gasteiger partial charge in [0.05, 0.1) is 28.6 Å². The van der Waals surface area contributed by atoms with E-state index in [0.717, 1.165) is 0 Å². The molecule has 0 fully saturated rings. The molecule has 0 aliphatic carbocycles. The molecule has 0 saturated carbocycles. The molecule has 152 valence electrons. The molecule has 5 N–H and O–H groups in total. The van der Waals surface area contributed by atoms with Crippen molar-refractivity contribution in [3.63, 3.8) is 0 Å². The lowest BCUT2D eigenvalue weighted by molar-refractivity contribution is 0.262. The number of anilines is 3. The highest BCUT2D eigenvalue weighted by Crippen LogP contribution is 2.21. The number of hydrogen-bond acceptors (Lipinski definition) is 7. The summed E-state index contributed by atoms with van der Waals surface area (Å²) in [4.78, 5) is 20.5. The lowest BCUT2D eigenvalue weighted by Gasteiger charge is -2.10. The molecule has 2 aromatic heterocycles. The van der Waals surface area contributed by atoms with Crippen molar-refractivity contribution in [2.45, 2.75) is 24.9 Å². The number of H-pyrrole nitrogens is 1. The number of nitrogen functional groups attached to an aromatic ring is 1. The first-order valence-corrected chi connectivity index (χ1v) is 10.5. The van der Waals surface area contributed by atoms with E-state index in [1.165, 1.54) is 12.3 Å². The third-order valence-electron chi connectivity index (χ3n) is 4.02. The van der Waals surface area contributed by atoms with Gasteiger partial charge in [0, 0.05) is 23.5 Å². The van der Waals surface area contributed by atoms with Crippen molar-refractivity contribution in [3.8, 4) is 11.4 Å². The van der Waals surface area contributed by atoms with Crippen LogP contribution in [0.2, 0.25) is 0 Å². The van der Waals surface area contributed by atoms with Crippen molar-refractivity contribution in [2.24, 2.45) is 0 Å². The Morgan fingerprint density at radius 3 is 2.45 bits per heavy atom. The van der Waals surface area contributed by atoms with Gasteiger partial charge in [-0.2, -0.15) is 5.10 Å². The van der Waals surface area contributed by atoms with Gasteiger partial charge >= 0.3 is 6.03 Å². The molecule has 0 radical (unpaired) electrons. The van der Waals surface area contributed by atoms with Gasteiger partial charge in [-0.15, -0.1) is 0 Å². The Hall–Kier alpha value is -3.47. The molecule has 0 atom stereocenters. The van der Waals surface area contributed by atoms with E-state index in [4.69, 9.17) is 5.73 Å². The number of nitrogens with one attached hydrogen (secondary N) is 3. The first-order valence-electron chi connectivity index (χ1n) is 8.75. The molecule has 2 heterocycles. The number of nitrogens with zero attached hydrogens (tertiary/aromatic N) is 3. The maximum absolute atomic E-state index is 12.2. The number of aromatic amines is 1. The fraction of sp³-hybridized carbons (Fsp3) is 0.222. The second-order valence-electron chi connectivity index (χ2n) is 6.61. The molecule has 0 unspecified atom stereocenters. The smallest absolute Gasteiger partial charge is 0.323 e. The number of sulfone groups is 1. The van der Waals surface area contributed by atoms with Gasteiger partial charge in [-0.3, -0.25) is 5.10 Å². The molecular formula is C18H21N7O3S. The minimum atomic E-state index is -3.32. The summed E-state index contributed by atoms with van der Waals surface area (Å²) in [5.74, 6) is 0.289. The zero-order chi connectivity index (χ0) is 21.0. The molecule has 0 aliphatic rings.